The van der Waals surface area contributed by atoms with E-state index in [4.69, 9.17) is 16.3 Å². The summed E-state index contributed by atoms with van der Waals surface area (Å²) in [5.74, 6) is -1.27. The normalized spacial score (nSPS) is 15.2. The van der Waals surface area contributed by atoms with Gasteiger partial charge in [0.1, 0.15) is 0 Å². The molecule has 0 spiro atoms. The fraction of sp³-hybridized carbons (Fsp3) is 0.200. The summed E-state index contributed by atoms with van der Waals surface area (Å²) in [6.45, 7) is 0.874. The molecule has 3 aromatic carbocycles. The number of hydrogen-bond donors (Lipinski definition) is 0. The monoisotopic (exact) mass is 483 g/mol. The Bertz CT molecular complexity index is 1260. The average Bonchev–Trinajstić information content (AvgIpc) is 3.39. The minimum absolute atomic E-state index is 0.0357. The summed E-state index contributed by atoms with van der Waals surface area (Å²) in [6, 6.07) is 21.1. The molecule has 0 N–H and O–H groups in total. The molecule has 0 bridgehead atoms. The van der Waals surface area contributed by atoms with E-state index in [0.29, 0.717) is 24.2 Å². The molecular formula is C25H22ClNO5S. The van der Waals surface area contributed by atoms with Crippen LogP contribution in [0.1, 0.15) is 45.2 Å². The van der Waals surface area contributed by atoms with E-state index in [-0.39, 0.29) is 15.5 Å². The van der Waals surface area contributed by atoms with Crippen molar-refractivity contribution in [2.75, 3.05) is 13.1 Å². The second-order valence-corrected chi connectivity index (χ2v) is 10.0. The Morgan fingerprint density at radius 2 is 1.48 bits per heavy atom. The van der Waals surface area contributed by atoms with Gasteiger partial charge in [0.25, 0.3) is 0 Å². The number of ketones is 1. The van der Waals surface area contributed by atoms with Gasteiger partial charge in [-0.3, -0.25) is 4.79 Å². The first-order valence-electron chi connectivity index (χ1n) is 10.5. The molecular weight excluding hydrogens is 462 g/mol. The summed E-state index contributed by atoms with van der Waals surface area (Å²) in [5.41, 5.74) is 0.769. The van der Waals surface area contributed by atoms with Gasteiger partial charge in [0, 0.05) is 24.2 Å². The molecule has 3 aromatic rings. The Balaban J connectivity index is 1.66. The highest BCUT2D eigenvalue weighted by Crippen LogP contribution is 2.29. The number of Topliss-reactive ketones (excluding diaryl/α,β-unsaturated/α-hetero) is 1. The van der Waals surface area contributed by atoms with Crippen LogP contribution in [0.25, 0.3) is 0 Å². The lowest BCUT2D eigenvalue weighted by molar-refractivity contribution is 0.0280. The van der Waals surface area contributed by atoms with Crippen molar-refractivity contribution in [2.45, 2.75) is 23.8 Å². The van der Waals surface area contributed by atoms with E-state index in [0.717, 1.165) is 12.8 Å². The summed E-state index contributed by atoms with van der Waals surface area (Å²) in [6.07, 6.45) is 0.375. The van der Waals surface area contributed by atoms with Crippen LogP contribution in [0.3, 0.4) is 0 Å². The molecule has 1 saturated heterocycles. The Hall–Kier alpha value is -3.00. The number of benzene rings is 3. The fourth-order valence-corrected chi connectivity index (χ4v) is 5.46. The molecule has 0 saturated carbocycles. The Morgan fingerprint density at radius 1 is 0.879 bits per heavy atom. The van der Waals surface area contributed by atoms with E-state index in [2.05, 4.69) is 0 Å². The lowest BCUT2D eigenvalue weighted by Crippen LogP contribution is -2.28. The Morgan fingerprint density at radius 3 is 2.12 bits per heavy atom. The highest BCUT2D eigenvalue weighted by Gasteiger charge is 2.31. The summed E-state index contributed by atoms with van der Waals surface area (Å²) < 4.78 is 32.9. The third-order valence-corrected chi connectivity index (χ3v) is 7.71. The van der Waals surface area contributed by atoms with Gasteiger partial charge in [-0.1, -0.05) is 72.3 Å². The van der Waals surface area contributed by atoms with Gasteiger partial charge in [0.15, 0.2) is 6.10 Å². The maximum Gasteiger partial charge on any atom is 0.340 e. The molecule has 8 heteroatoms. The number of ether oxygens (including phenoxy) is 1. The molecule has 4 rings (SSSR count). The Kier molecular flexibility index (Phi) is 6.93. The van der Waals surface area contributed by atoms with Crippen molar-refractivity contribution >= 4 is 33.4 Å². The number of sulfonamides is 1. The average molecular weight is 484 g/mol. The van der Waals surface area contributed by atoms with Crippen molar-refractivity contribution in [2.24, 2.45) is 0 Å². The van der Waals surface area contributed by atoms with Crippen LogP contribution in [0.2, 0.25) is 5.02 Å². The zero-order valence-electron chi connectivity index (χ0n) is 17.7. The number of carbonyl (C=O) groups is 2. The first-order chi connectivity index (χ1) is 15.9. The molecule has 6 nitrogen and oxygen atoms in total. The van der Waals surface area contributed by atoms with Crippen LogP contribution in [-0.4, -0.2) is 37.6 Å². The van der Waals surface area contributed by atoms with Crippen LogP contribution in [0, 0.1) is 0 Å². The molecule has 1 unspecified atom stereocenters. The van der Waals surface area contributed by atoms with Crippen molar-refractivity contribution < 1.29 is 22.7 Å². The predicted molar refractivity (Wildman–Crippen MR) is 125 cm³/mol. The van der Waals surface area contributed by atoms with Crippen molar-refractivity contribution in [3.63, 3.8) is 0 Å². The minimum Gasteiger partial charge on any atom is -0.445 e. The van der Waals surface area contributed by atoms with E-state index in [1.54, 1.807) is 60.7 Å². The first kappa shape index (κ1) is 23.2. The smallest absolute Gasteiger partial charge is 0.340 e. The van der Waals surface area contributed by atoms with Gasteiger partial charge in [-0.15, -0.1) is 0 Å². The minimum atomic E-state index is -3.75. The molecule has 1 heterocycles. The molecule has 0 aromatic heterocycles. The van der Waals surface area contributed by atoms with Crippen LogP contribution in [-0.2, 0) is 14.8 Å². The summed E-state index contributed by atoms with van der Waals surface area (Å²) in [4.78, 5) is 26.3. The zero-order valence-corrected chi connectivity index (χ0v) is 19.3. The van der Waals surface area contributed by atoms with Gasteiger partial charge in [-0.25, -0.2) is 13.2 Å². The number of halogens is 1. The highest BCUT2D eigenvalue weighted by atomic mass is 35.5. The lowest BCUT2D eigenvalue weighted by Gasteiger charge is -2.19. The molecule has 33 heavy (non-hydrogen) atoms. The summed E-state index contributed by atoms with van der Waals surface area (Å²) in [7, 11) is -3.75. The molecule has 0 radical (unpaired) electrons. The van der Waals surface area contributed by atoms with Crippen LogP contribution in [0.4, 0.5) is 0 Å². The third-order valence-electron chi connectivity index (χ3n) is 5.48. The van der Waals surface area contributed by atoms with Gasteiger partial charge in [-0.05, 0) is 31.0 Å². The van der Waals surface area contributed by atoms with Gasteiger partial charge >= 0.3 is 5.97 Å². The topological polar surface area (TPSA) is 80.8 Å². The zero-order chi connectivity index (χ0) is 23.4. The van der Waals surface area contributed by atoms with E-state index >= 15 is 0 Å². The third kappa shape index (κ3) is 5.00. The van der Waals surface area contributed by atoms with Gasteiger partial charge in [0.05, 0.1) is 15.5 Å². The number of nitrogens with zero attached hydrogens (tertiary/aromatic N) is 1. The highest BCUT2D eigenvalue weighted by molar-refractivity contribution is 7.89. The number of esters is 1. The molecule has 1 aliphatic rings. The number of hydrogen-bond acceptors (Lipinski definition) is 5. The quantitative estimate of drug-likeness (QED) is 0.352. The van der Waals surface area contributed by atoms with Gasteiger partial charge < -0.3 is 4.74 Å². The van der Waals surface area contributed by atoms with Crippen molar-refractivity contribution in [3.8, 4) is 0 Å². The Labute approximate surface area is 197 Å². The predicted octanol–water partition coefficient (Wildman–Crippen LogP) is 4.91. The molecule has 0 aliphatic carbocycles. The maximum atomic E-state index is 13.2. The maximum absolute atomic E-state index is 13.2. The van der Waals surface area contributed by atoms with Crippen LogP contribution in [0.15, 0.2) is 83.8 Å². The summed E-state index contributed by atoms with van der Waals surface area (Å²) in [5, 5.41) is 0.0411. The van der Waals surface area contributed by atoms with Gasteiger partial charge in [-0.2, -0.15) is 4.31 Å². The molecule has 1 atom stereocenters. The SMILES string of the molecule is O=C(OC(C(=O)c1ccccc1)c1ccccc1)c1cc(S(=O)(=O)N2CCCC2)ccc1Cl. The van der Waals surface area contributed by atoms with Crippen LogP contribution in [0.5, 0.6) is 0 Å². The first-order valence-corrected chi connectivity index (χ1v) is 12.3. The molecule has 170 valence electrons. The van der Waals surface area contributed by atoms with Crippen molar-refractivity contribution in [3.05, 3.63) is 101 Å². The second-order valence-electron chi connectivity index (χ2n) is 7.68. The van der Waals surface area contributed by atoms with E-state index < -0.39 is 27.9 Å². The fourth-order valence-electron chi connectivity index (χ4n) is 3.72. The van der Waals surface area contributed by atoms with Crippen LogP contribution < -0.4 is 0 Å². The van der Waals surface area contributed by atoms with Crippen molar-refractivity contribution in [1.29, 1.82) is 0 Å². The molecule has 0 amide bonds. The lowest BCUT2D eigenvalue weighted by atomic mass is 10.00. The standard InChI is InChI=1S/C25H22ClNO5S/c26-22-14-13-20(33(30,31)27-15-7-8-16-27)17-21(22)25(29)32-24(19-11-5-2-6-12-19)23(28)18-9-3-1-4-10-18/h1-6,9-14,17,24H,7-8,15-16H2. The van der Waals surface area contributed by atoms with E-state index in [1.165, 1.54) is 22.5 Å². The van der Waals surface area contributed by atoms with E-state index in [1.807, 2.05) is 0 Å². The van der Waals surface area contributed by atoms with Crippen molar-refractivity contribution in [1.82, 2.24) is 4.31 Å². The second kappa shape index (κ2) is 9.87. The van der Waals surface area contributed by atoms with Crippen LogP contribution >= 0.6 is 11.6 Å². The van der Waals surface area contributed by atoms with E-state index in [9.17, 15) is 18.0 Å². The largest absolute Gasteiger partial charge is 0.445 e. The van der Waals surface area contributed by atoms with Gasteiger partial charge in [0.2, 0.25) is 15.8 Å². The number of carbonyl (C=O) groups excluding carboxylic acids is 2. The number of rotatable bonds is 7. The molecule has 1 aliphatic heterocycles. The molecule has 1 fully saturated rings. The summed E-state index contributed by atoms with van der Waals surface area (Å²) >= 11 is 6.23.